The van der Waals surface area contributed by atoms with Gasteiger partial charge in [-0.2, -0.15) is 0 Å². The average molecular weight is 120 g/mol. The van der Waals surface area contributed by atoms with Gasteiger partial charge in [-0.25, -0.2) is 0 Å². The molecule has 0 saturated heterocycles. The SMILES string of the molecule is Cc1c#ccc(O)c1C. The van der Waals surface area contributed by atoms with Gasteiger partial charge in [-0.3, -0.25) is 0 Å². The van der Waals surface area contributed by atoms with E-state index in [2.05, 4.69) is 12.1 Å². The Morgan fingerprint density at radius 3 is 2.56 bits per heavy atom. The molecule has 0 aliphatic carbocycles. The van der Waals surface area contributed by atoms with Crippen molar-refractivity contribution in [2.45, 2.75) is 13.8 Å². The molecule has 0 heterocycles. The third-order valence-corrected chi connectivity index (χ3v) is 1.42. The van der Waals surface area contributed by atoms with Gasteiger partial charge >= 0.3 is 0 Å². The number of aromatic hydroxyl groups is 1. The molecular weight excluding hydrogens is 112 g/mol. The van der Waals surface area contributed by atoms with Gasteiger partial charge in [0.15, 0.2) is 0 Å². The van der Waals surface area contributed by atoms with E-state index in [1.807, 2.05) is 13.8 Å². The fraction of sp³-hybridized carbons (Fsp3) is 0.250. The van der Waals surface area contributed by atoms with Gasteiger partial charge in [-0.05, 0) is 13.8 Å². The normalized spacial score (nSPS) is 8.67. The number of hydrogen-bond acceptors (Lipinski definition) is 1. The maximum absolute atomic E-state index is 9.05. The van der Waals surface area contributed by atoms with Gasteiger partial charge in [-0.1, -0.05) is 12.1 Å². The van der Waals surface area contributed by atoms with E-state index in [1.165, 1.54) is 6.07 Å². The second-order valence-corrected chi connectivity index (χ2v) is 2.05. The van der Waals surface area contributed by atoms with Crippen molar-refractivity contribution in [3.8, 4) is 5.75 Å². The molecule has 0 bridgehead atoms. The fourth-order valence-corrected chi connectivity index (χ4v) is 0.607. The lowest BCUT2D eigenvalue weighted by atomic mass is 10.1. The van der Waals surface area contributed by atoms with Crippen LogP contribution in [0.1, 0.15) is 11.1 Å². The van der Waals surface area contributed by atoms with Crippen LogP contribution in [0.5, 0.6) is 5.75 Å². The lowest BCUT2D eigenvalue weighted by Gasteiger charge is -1.95. The molecule has 9 heavy (non-hydrogen) atoms. The quantitative estimate of drug-likeness (QED) is 0.551. The van der Waals surface area contributed by atoms with Gasteiger partial charge < -0.3 is 5.11 Å². The Morgan fingerprint density at radius 2 is 2.11 bits per heavy atom. The number of hydrogen-bond donors (Lipinski definition) is 1. The lowest BCUT2D eigenvalue weighted by Crippen LogP contribution is -1.76. The van der Waals surface area contributed by atoms with Crippen LogP contribution < -0.4 is 0 Å². The molecule has 0 saturated carbocycles. The van der Waals surface area contributed by atoms with Gasteiger partial charge in [0.25, 0.3) is 0 Å². The molecule has 0 atom stereocenters. The Hall–Kier alpha value is -1.16. The summed E-state index contributed by atoms with van der Waals surface area (Å²) in [6, 6.07) is 7.07. The van der Waals surface area contributed by atoms with Crippen molar-refractivity contribution in [3.63, 3.8) is 0 Å². The molecule has 0 aliphatic heterocycles. The van der Waals surface area contributed by atoms with E-state index in [1.54, 1.807) is 0 Å². The average Bonchev–Trinajstić information content (AvgIpc) is 1.83. The van der Waals surface area contributed by atoms with Crippen LogP contribution in [0, 0.1) is 26.0 Å². The maximum Gasteiger partial charge on any atom is 0.127 e. The third kappa shape index (κ3) is 0.972. The van der Waals surface area contributed by atoms with E-state index < -0.39 is 0 Å². The van der Waals surface area contributed by atoms with Gasteiger partial charge in [0, 0.05) is 17.2 Å². The molecule has 0 fully saturated rings. The van der Waals surface area contributed by atoms with Crippen LogP contribution in [0.15, 0.2) is 6.07 Å². The standard InChI is InChI=1S/C8H8O/c1-6-4-3-5-8(9)7(6)2/h5,9H,1-2H3. The Kier molecular flexibility index (Phi) is 1.32. The highest BCUT2D eigenvalue weighted by molar-refractivity contribution is 5.33. The van der Waals surface area contributed by atoms with Gasteiger partial charge in [0.2, 0.25) is 0 Å². The topological polar surface area (TPSA) is 20.2 Å². The van der Waals surface area contributed by atoms with Crippen LogP contribution in [-0.4, -0.2) is 5.11 Å². The summed E-state index contributed by atoms with van der Waals surface area (Å²) in [6.07, 6.45) is 0. The van der Waals surface area contributed by atoms with E-state index in [0.29, 0.717) is 5.75 Å². The minimum absolute atomic E-state index is 0.297. The summed E-state index contributed by atoms with van der Waals surface area (Å²) < 4.78 is 0. The van der Waals surface area contributed by atoms with Crippen LogP contribution in [0.2, 0.25) is 0 Å². The zero-order valence-corrected chi connectivity index (χ0v) is 5.52. The second kappa shape index (κ2) is 1.99. The predicted octanol–water partition coefficient (Wildman–Crippen LogP) is 1.61. The van der Waals surface area contributed by atoms with Crippen molar-refractivity contribution >= 4 is 0 Å². The lowest BCUT2D eigenvalue weighted by molar-refractivity contribution is 0.471. The van der Waals surface area contributed by atoms with Crippen LogP contribution in [-0.2, 0) is 0 Å². The van der Waals surface area contributed by atoms with Gasteiger partial charge in [-0.15, -0.1) is 0 Å². The van der Waals surface area contributed by atoms with E-state index in [4.69, 9.17) is 5.11 Å². The van der Waals surface area contributed by atoms with Gasteiger partial charge in [0.1, 0.15) is 5.75 Å². The minimum atomic E-state index is 0.297. The first kappa shape index (κ1) is 5.97. The summed E-state index contributed by atoms with van der Waals surface area (Å²) in [5, 5.41) is 9.05. The Balaban J connectivity index is 3.25. The zero-order valence-electron chi connectivity index (χ0n) is 5.52. The number of rotatable bonds is 0. The molecular formula is C8H8O. The van der Waals surface area contributed by atoms with Crippen molar-refractivity contribution in [1.29, 1.82) is 0 Å². The minimum Gasteiger partial charge on any atom is -0.507 e. The van der Waals surface area contributed by atoms with Crippen molar-refractivity contribution in [1.82, 2.24) is 0 Å². The molecule has 0 amide bonds. The highest BCUT2D eigenvalue weighted by Crippen LogP contribution is 2.14. The summed E-state index contributed by atoms with van der Waals surface area (Å²) in [5.74, 6) is 0.297. The van der Waals surface area contributed by atoms with Crippen LogP contribution >= 0.6 is 0 Å². The molecule has 1 aromatic carbocycles. The fourth-order valence-electron chi connectivity index (χ4n) is 0.607. The highest BCUT2D eigenvalue weighted by atomic mass is 16.3. The highest BCUT2D eigenvalue weighted by Gasteiger charge is 1.93. The van der Waals surface area contributed by atoms with Gasteiger partial charge in [0.05, 0.1) is 0 Å². The summed E-state index contributed by atoms with van der Waals surface area (Å²) in [5.41, 5.74) is 1.84. The summed E-state index contributed by atoms with van der Waals surface area (Å²) in [6.45, 7) is 3.75. The van der Waals surface area contributed by atoms with E-state index in [0.717, 1.165) is 11.1 Å². The van der Waals surface area contributed by atoms with Crippen molar-refractivity contribution in [2.75, 3.05) is 0 Å². The molecule has 1 aromatic rings. The van der Waals surface area contributed by atoms with E-state index in [-0.39, 0.29) is 0 Å². The maximum atomic E-state index is 9.05. The van der Waals surface area contributed by atoms with Crippen LogP contribution in [0.3, 0.4) is 0 Å². The Bertz CT molecular complexity index is 196. The molecule has 1 nitrogen and oxygen atoms in total. The second-order valence-electron chi connectivity index (χ2n) is 2.05. The summed E-state index contributed by atoms with van der Waals surface area (Å²) >= 11 is 0. The van der Waals surface area contributed by atoms with Crippen molar-refractivity contribution < 1.29 is 5.11 Å². The van der Waals surface area contributed by atoms with E-state index >= 15 is 0 Å². The predicted molar refractivity (Wildman–Crippen MR) is 35.3 cm³/mol. The smallest absolute Gasteiger partial charge is 0.127 e. The van der Waals surface area contributed by atoms with Crippen molar-refractivity contribution in [3.05, 3.63) is 29.3 Å². The summed E-state index contributed by atoms with van der Waals surface area (Å²) in [4.78, 5) is 0. The van der Waals surface area contributed by atoms with Crippen LogP contribution in [0.25, 0.3) is 0 Å². The molecule has 46 valence electrons. The van der Waals surface area contributed by atoms with E-state index in [9.17, 15) is 0 Å². The largest absolute Gasteiger partial charge is 0.507 e. The Morgan fingerprint density at radius 1 is 1.44 bits per heavy atom. The zero-order chi connectivity index (χ0) is 6.85. The molecule has 0 radical (unpaired) electrons. The summed E-state index contributed by atoms with van der Waals surface area (Å²) in [7, 11) is 0. The first-order valence-corrected chi connectivity index (χ1v) is 2.80. The molecule has 1 heteroatoms. The first-order valence-electron chi connectivity index (χ1n) is 2.80. The Labute approximate surface area is 55.0 Å². The first-order chi connectivity index (χ1) is 4.22. The molecule has 0 aliphatic rings. The molecule has 0 aromatic heterocycles. The molecule has 1 rings (SSSR count). The molecule has 1 N–H and O–H groups in total. The monoisotopic (exact) mass is 120 g/mol. The van der Waals surface area contributed by atoms with Crippen molar-refractivity contribution in [2.24, 2.45) is 0 Å². The van der Waals surface area contributed by atoms with Crippen LogP contribution in [0.4, 0.5) is 0 Å². The molecule has 0 unspecified atom stereocenters. The third-order valence-electron chi connectivity index (χ3n) is 1.42. The molecule has 0 spiro atoms.